The third-order valence-electron chi connectivity index (χ3n) is 4.17. The van der Waals surface area contributed by atoms with Crippen LogP contribution in [0.25, 0.3) is 0 Å². The molecule has 1 aromatic heterocycles. The summed E-state index contributed by atoms with van der Waals surface area (Å²) in [5.74, 6) is 1.84. The maximum atomic E-state index is 11.5. The molecule has 0 spiro atoms. The van der Waals surface area contributed by atoms with E-state index in [9.17, 15) is 4.79 Å². The Morgan fingerprint density at radius 3 is 2.69 bits per heavy atom. The molecule has 1 fully saturated rings. The maximum Gasteiger partial charge on any atom is 0.409 e. The molecule has 0 aliphatic carbocycles. The van der Waals surface area contributed by atoms with E-state index in [0.717, 1.165) is 36.8 Å². The molecule has 26 heavy (non-hydrogen) atoms. The summed E-state index contributed by atoms with van der Waals surface area (Å²) in [6.07, 6.45) is 1.46. The fourth-order valence-electron chi connectivity index (χ4n) is 2.68. The number of amides is 1. The van der Waals surface area contributed by atoms with Crippen LogP contribution in [0.1, 0.15) is 51.0 Å². The minimum atomic E-state index is -0.259. The van der Waals surface area contributed by atoms with Gasteiger partial charge in [-0.25, -0.2) is 9.79 Å². The Morgan fingerprint density at radius 1 is 1.46 bits per heavy atom. The average Bonchev–Trinajstić information content (AvgIpc) is 3.09. The number of carbonyl (C=O) groups excluding carboxylic acids is 1. The molecule has 8 nitrogen and oxygen atoms in total. The fraction of sp³-hybridized carbons (Fsp3) is 0.706. The smallest absolute Gasteiger partial charge is 0.409 e. The summed E-state index contributed by atoms with van der Waals surface area (Å²) >= 11 is 0. The molecule has 2 rings (SSSR count). The van der Waals surface area contributed by atoms with Crippen molar-refractivity contribution in [1.29, 1.82) is 0 Å². The van der Waals surface area contributed by atoms with Crippen LogP contribution in [0.3, 0.4) is 0 Å². The van der Waals surface area contributed by atoms with Crippen molar-refractivity contribution in [3.05, 3.63) is 17.5 Å². The van der Waals surface area contributed by atoms with Gasteiger partial charge in [0, 0.05) is 31.7 Å². The second-order valence-electron chi connectivity index (χ2n) is 6.44. The number of ether oxygens (including phenoxy) is 1. The van der Waals surface area contributed by atoms with E-state index in [2.05, 4.69) is 34.6 Å². The number of nitrogens with one attached hydrogen (secondary N) is 2. The Kier molecular flexibility index (Phi) is 9.74. The third-order valence-corrected chi connectivity index (χ3v) is 4.17. The lowest BCUT2D eigenvalue weighted by Crippen LogP contribution is -2.49. The monoisotopic (exact) mass is 479 g/mol. The molecule has 0 unspecified atom stereocenters. The summed E-state index contributed by atoms with van der Waals surface area (Å²) in [6, 6.07) is 2.23. The molecule has 1 aliphatic rings. The molecular weight excluding hydrogens is 449 g/mol. The molecular formula is C17H30IN5O3. The van der Waals surface area contributed by atoms with Gasteiger partial charge < -0.3 is 24.8 Å². The summed E-state index contributed by atoms with van der Waals surface area (Å²) in [5.41, 5.74) is 0.943. The number of rotatable bonds is 5. The predicted octanol–water partition coefficient (Wildman–Crippen LogP) is 2.70. The molecule has 1 saturated heterocycles. The number of halogens is 1. The lowest BCUT2D eigenvalue weighted by Gasteiger charge is -2.32. The molecule has 0 saturated carbocycles. The minimum Gasteiger partial charge on any atom is -0.453 e. The quantitative estimate of drug-likeness (QED) is 0.384. The van der Waals surface area contributed by atoms with Gasteiger partial charge >= 0.3 is 6.09 Å². The standard InChI is InChI=1S/C17H29N5O3.HI/c1-5-18-16(19-11-14-10-15(12(2)3)21-25-14)20-13-6-8-22(9-7-13)17(23)24-4;/h10,12-13H,5-9,11H2,1-4H3,(H2,18,19,20);1H. The van der Waals surface area contributed by atoms with Gasteiger partial charge in [0.2, 0.25) is 0 Å². The van der Waals surface area contributed by atoms with Gasteiger partial charge in [0.1, 0.15) is 6.54 Å². The average molecular weight is 479 g/mol. The number of hydrogen-bond donors (Lipinski definition) is 2. The van der Waals surface area contributed by atoms with Crippen LogP contribution >= 0.6 is 24.0 Å². The van der Waals surface area contributed by atoms with Crippen molar-refractivity contribution in [2.45, 2.75) is 52.1 Å². The lowest BCUT2D eigenvalue weighted by atomic mass is 10.1. The number of likely N-dealkylation sites (tertiary alicyclic amines) is 1. The highest BCUT2D eigenvalue weighted by Crippen LogP contribution is 2.15. The van der Waals surface area contributed by atoms with Gasteiger partial charge in [-0.1, -0.05) is 19.0 Å². The van der Waals surface area contributed by atoms with Gasteiger partial charge in [-0.3, -0.25) is 0 Å². The van der Waals surface area contributed by atoms with Gasteiger partial charge in [0.05, 0.1) is 12.8 Å². The van der Waals surface area contributed by atoms with Crippen LogP contribution < -0.4 is 10.6 Å². The topological polar surface area (TPSA) is 92.0 Å². The fourth-order valence-corrected chi connectivity index (χ4v) is 2.68. The zero-order valence-electron chi connectivity index (χ0n) is 15.9. The van der Waals surface area contributed by atoms with Crippen molar-refractivity contribution in [2.24, 2.45) is 4.99 Å². The lowest BCUT2D eigenvalue weighted by molar-refractivity contribution is 0.111. The van der Waals surface area contributed by atoms with Crippen molar-refractivity contribution in [2.75, 3.05) is 26.7 Å². The van der Waals surface area contributed by atoms with Gasteiger partial charge in [-0.05, 0) is 25.7 Å². The Balaban J connectivity index is 0.00000338. The van der Waals surface area contributed by atoms with Gasteiger partial charge in [0.15, 0.2) is 11.7 Å². The minimum absolute atomic E-state index is 0. The summed E-state index contributed by atoms with van der Waals surface area (Å²) < 4.78 is 10.1. The molecule has 1 amide bonds. The molecule has 9 heteroatoms. The first-order valence-corrected chi connectivity index (χ1v) is 8.86. The second kappa shape index (κ2) is 11.2. The van der Waals surface area contributed by atoms with Crippen LogP contribution in [-0.2, 0) is 11.3 Å². The number of nitrogens with zero attached hydrogens (tertiary/aromatic N) is 3. The largest absolute Gasteiger partial charge is 0.453 e. The summed E-state index contributed by atoms with van der Waals surface area (Å²) in [7, 11) is 1.41. The molecule has 0 atom stereocenters. The van der Waals surface area contributed by atoms with E-state index in [1.54, 1.807) is 4.90 Å². The first kappa shape index (κ1) is 22.5. The van der Waals surface area contributed by atoms with Gasteiger partial charge in [-0.15, -0.1) is 24.0 Å². The first-order valence-electron chi connectivity index (χ1n) is 8.86. The molecule has 2 N–H and O–H groups in total. The van der Waals surface area contributed by atoms with Crippen LogP contribution in [0.4, 0.5) is 4.79 Å². The number of hydrogen-bond acceptors (Lipinski definition) is 5. The van der Waals surface area contributed by atoms with E-state index in [0.29, 0.717) is 25.6 Å². The SMILES string of the molecule is CCNC(=NCc1cc(C(C)C)no1)NC1CCN(C(=O)OC)CC1.I. The number of aromatic nitrogens is 1. The van der Waals surface area contributed by atoms with Gasteiger partial charge in [-0.2, -0.15) is 0 Å². The van der Waals surface area contributed by atoms with E-state index < -0.39 is 0 Å². The summed E-state index contributed by atoms with van der Waals surface area (Å²) in [4.78, 5) is 17.8. The first-order chi connectivity index (χ1) is 12.0. The highest BCUT2D eigenvalue weighted by Gasteiger charge is 2.23. The molecule has 1 aromatic rings. The highest BCUT2D eigenvalue weighted by molar-refractivity contribution is 14.0. The number of methoxy groups -OCH3 is 1. The van der Waals surface area contributed by atoms with E-state index in [4.69, 9.17) is 9.26 Å². The predicted molar refractivity (Wildman–Crippen MR) is 111 cm³/mol. The summed E-state index contributed by atoms with van der Waals surface area (Å²) in [5, 5.41) is 10.7. The van der Waals surface area contributed by atoms with Crippen LogP contribution in [0.5, 0.6) is 0 Å². The van der Waals surface area contributed by atoms with Crippen LogP contribution in [0, 0.1) is 0 Å². The van der Waals surface area contributed by atoms with E-state index in [1.807, 2.05) is 13.0 Å². The zero-order valence-corrected chi connectivity index (χ0v) is 18.3. The summed E-state index contributed by atoms with van der Waals surface area (Å²) in [6.45, 7) is 8.78. The number of aliphatic imine (C=N–C) groups is 1. The van der Waals surface area contributed by atoms with Crippen molar-refractivity contribution < 1.29 is 14.1 Å². The van der Waals surface area contributed by atoms with E-state index in [-0.39, 0.29) is 36.1 Å². The van der Waals surface area contributed by atoms with Crippen molar-refractivity contribution in [1.82, 2.24) is 20.7 Å². The maximum absolute atomic E-state index is 11.5. The Hall–Kier alpha value is -1.52. The molecule has 148 valence electrons. The van der Waals surface area contributed by atoms with Crippen molar-refractivity contribution >= 4 is 36.0 Å². The van der Waals surface area contributed by atoms with Crippen LogP contribution in [0.2, 0.25) is 0 Å². The Labute approximate surface area is 172 Å². The van der Waals surface area contributed by atoms with Gasteiger partial charge in [0.25, 0.3) is 0 Å². The molecule has 0 bridgehead atoms. The third kappa shape index (κ3) is 6.65. The molecule has 2 heterocycles. The molecule has 1 aliphatic heterocycles. The van der Waals surface area contributed by atoms with Crippen molar-refractivity contribution in [3.8, 4) is 0 Å². The number of piperidine rings is 1. The molecule has 0 aromatic carbocycles. The Bertz CT molecular complexity index is 583. The van der Waals surface area contributed by atoms with E-state index in [1.165, 1.54) is 7.11 Å². The number of carbonyl (C=O) groups is 1. The number of guanidine groups is 1. The second-order valence-corrected chi connectivity index (χ2v) is 6.44. The zero-order chi connectivity index (χ0) is 18.2. The van der Waals surface area contributed by atoms with Crippen molar-refractivity contribution in [3.63, 3.8) is 0 Å². The Morgan fingerprint density at radius 2 is 2.15 bits per heavy atom. The normalized spacial score (nSPS) is 15.6. The van der Waals surface area contributed by atoms with E-state index >= 15 is 0 Å². The van der Waals surface area contributed by atoms with Crippen LogP contribution in [-0.4, -0.2) is 54.9 Å². The van der Waals surface area contributed by atoms with Crippen LogP contribution in [0.15, 0.2) is 15.6 Å². The molecule has 0 radical (unpaired) electrons. The highest BCUT2D eigenvalue weighted by atomic mass is 127.